The van der Waals surface area contributed by atoms with E-state index in [1.165, 1.54) is 23.3 Å². The van der Waals surface area contributed by atoms with Gasteiger partial charge in [0.25, 0.3) is 0 Å². The van der Waals surface area contributed by atoms with E-state index < -0.39 is 17.5 Å². The van der Waals surface area contributed by atoms with Crippen molar-refractivity contribution in [2.24, 2.45) is 0 Å². The zero-order valence-corrected chi connectivity index (χ0v) is 12.5. The van der Waals surface area contributed by atoms with Crippen molar-refractivity contribution < 1.29 is 13.2 Å². The third kappa shape index (κ3) is 2.93. The van der Waals surface area contributed by atoms with E-state index in [2.05, 4.69) is 11.4 Å². The summed E-state index contributed by atoms with van der Waals surface area (Å²) in [7, 11) is 0. The largest absolute Gasteiger partial charge is 0.373 e. The van der Waals surface area contributed by atoms with Crippen LogP contribution in [-0.2, 0) is 12.8 Å². The molecule has 0 amide bonds. The quantitative estimate of drug-likeness (QED) is 0.819. The molecule has 21 heavy (non-hydrogen) atoms. The van der Waals surface area contributed by atoms with Gasteiger partial charge >= 0.3 is 0 Å². The van der Waals surface area contributed by atoms with Crippen LogP contribution in [0.2, 0.25) is 0 Å². The Morgan fingerprint density at radius 2 is 1.71 bits per heavy atom. The summed E-state index contributed by atoms with van der Waals surface area (Å²) in [6, 6.07) is 3.29. The molecule has 1 unspecified atom stereocenters. The maximum absolute atomic E-state index is 13.7. The van der Waals surface area contributed by atoms with Gasteiger partial charge in [0.05, 0.1) is 6.04 Å². The number of aryl methyl sites for hydroxylation is 2. The van der Waals surface area contributed by atoms with Crippen LogP contribution in [0.1, 0.15) is 41.1 Å². The van der Waals surface area contributed by atoms with Crippen LogP contribution >= 0.6 is 11.3 Å². The first kappa shape index (κ1) is 14.4. The minimum absolute atomic E-state index is 0.213. The smallest absolute Gasteiger partial charge is 0.152 e. The lowest BCUT2D eigenvalue weighted by molar-refractivity contribution is 0.545. The summed E-state index contributed by atoms with van der Waals surface area (Å²) in [5.74, 6) is -2.71. The molecule has 1 nitrogen and oxygen atoms in total. The van der Waals surface area contributed by atoms with Crippen molar-refractivity contribution in [3.05, 3.63) is 51.0 Å². The monoisotopic (exact) mass is 311 g/mol. The molecule has 5 heteroatoms. The second kappa shape index (κ2) is 5.72. The van der Waals surface area contributed by atoms with Crippen LogP contribution in [0.3, 0.4) is 0 Å². The number of hydrogen-bond acceptors (Lipinski definition) is 2. The van der Waals surface area contributed by atoms with Gasteiger partial charge < -0.3 is 5.32 Å². The van der Waals surface area contributed by atoms with Gasteiger partial charge in [0, 0.05) is 21.9 Å². The Balaban J connectivity index is 1.83. The fourth-order valence-corrected chi connectivity index (χ4v) is 3.95. The molecule has 0 radical (unpaired) electrons. The second-order valence-electron chi connectivity index (χ2n) is 5.41. The van der Waals surface area contributed by atoms with Crippen LogP contribution in [0.25, 0.3) is 0 Å². The summed E-state index contributed by atoms with van der Waals surface area (Å²) in [5, 5.41) is 2.82. The zero-order chi connectivity index (χ0) is 15.0. The summed E-state index contributed by atoms with van der Waals surface area (Å²) in [6.07, 6.45) is 4.58. The zero-order valence-electron chi connectivity index (χ0n) is 11.7. The molecule has 0 aliphatic heterocycles. The molecule has 1 aromatic heterocycles. The normalized spacial score (nSPS) is 15.6. The summed E-state index contributed by atoms with van der Waals surface area (Å²) in [6.45, 7) is 1.86. The van der Waals surface area contributed by atoms with Crippen molar-refractivity contribution >= 4 is 17.0 Å². The lowest BCUT2D eigenvalue weighted by Gasteiger charge is -2.15. The van der Waals surface area contributed by atoms with Crippen LogP contribution in [-0.4, -0.2) is 0 Å². The van der Waals surface area contributed by atoms with Crippen molar-refractivity contribution in [1.29, 1.82) is 0 Å². The second-order valence-corrected chi connectivity index (χ2v) is 6.58. The van der Waals surface area contributed by atoms with Crippen LogP contribution in [0, 0.1) is 17.5 Å². The number of fused-ring (bicyclic) bond motifs is 1. The molecule has 1 N–H and O–H groups in total. The van der Waals surface area contributed by atoms with E-state index in [1.54, 1.807) is 11.3 Å². The highest BCUT2D eigenvalue weighted by Gasteiger charge is 2.19. The van der Waals surface area contributed by atoms with Crippen LogP contribution in [0.5, 0.6) is 0 Å². The molecular formula is C16H16F3NS. The molecule has 2 aromatic rings. The molecule has 0 bridgehead atoms. The standard InChI is InChI=1S/C16H16F3NS/c1-9(15-6-10-4-2-3-5-14(10)21-15)20-16-12(18)7-11(17)8-13(16)19/h6-9,20H,2-5H2,1H3. The highest BCUT2D eigenvalue weighted by atomic mass is 32.1. The Labute approximate surface area is 125 Å². The van der Waals surface area contributed by atoms with Gasteiger partial charge in [-0.25, -0.2) is 13.2 Å². The molecule has 1 aliphatic carbocycles. The number of thiophene rings is 1. The number of hydrogen-bond donors (Lipinski definition) is 1. The van der Waals surface area contributed by atoms with Gasteiger partial charge in [0.1, 0.15) is 11.5 Å². The first-order chi connectivity index (χ1) is 10.0. The Kier molecular flexibility index (Phi) is 3.93. The van der Waals surface area contributed by atoms with Gasteiger partial charge in [-0.15, -0.1) is 11.3 Å². The summed E-state index contributed by atoms with van der Waals surface area (Å²) < 4.78 is 40.3. The molecule has 0 fully saturated rings. The molecule has 1 atom stereocenters. The van der Waals surface area contributed by atoms with Gasteiger partial charge in [-0.3, -0.25) is 0 Å². The molecular weight excluding hydrogens is 295 g/mol. The molecule has 0 spiro atoms. The predicted molar refractivity (Wildman–Crippen MR) is 79.3 cm³/mol. The van der Waals surface area contributed by atoms with Gasteiger partial charge in [0.2, 0.25) is 0 Å². The molecule has 1 heterocycles. The van der Waals surface area contributed by atoms with Crippen molar-refractivity contribution in [3.63, 3.8) is 0 Å². The topological polar surface area (TPSA) is 12.0 Å². The SMILES string of the molecule is CC(Nc1c(F)cc(F)cc1F)c1cc2c(s1)CCCC2. The maximum Gasteiger partial charge on any atom is 0.152 e. The Bertz CT molecular complexity index is 619. The van der Waals surface area contributed by atoms with E-state index in [9.17, 15) is 13.2 Å². The Hall–Kier alpha value is -1.49. The van der Waals surface area contributed by atoms with Gasteiger partial charge in [-0.05, 0) is 44.2 Å². The van der Waals surface area contributed by atoms with E-state index in [0.29, 0.717) is 12.1 Å². The maximum atomic E-state index is 13.7. The molecule has 0 saturated carbocycles. The van der Waals surface area contributed by atoms with Crippen molar-refractivity contribution in [1.82, 2.24) is 0 Å². The number of anilines is 1. The molecule has 1 aliphatic rings. The third-order valence-electron chi connectivity index (χ3n) is 3.81. The highest BCUT2D eigenvalue weighted by Crippen LogP contribution is 2.34. The average Bonchev–Trinajstić information content (AvgIpc) is 2.86. The van der Waals surface area contributed by atoms with E-state index in [1.807, 2.05) is 6.92 Å². The predicted octanol–water partition coefficient (Wildman–Crippen LogP) is 5.22. The van der Waals surface area contributed by atoms with Crippen LogP contribution in [0.15, 0.2) is 18.2 Å². The van der Waals surface area contributed by atoms with E-state index >= 15 is 0 Å². The van der Waals surface area contributed by atoms with Crippen molar-refractivity contribution in [3.8, 4) is 0 Å². The van der Waals surface area contributed by atoms with Crippen LogP contribution < -0.4 is 5.32 Å². The lowest BCUT2D eigenvalue weighted by atomic mass is 9.99. The Morgan fingerprint density at radius 3 is 2.38 bits per heavy atom. The summed E-state index contributed by atoms with van der Waals surface area (Å²) in [5.41, 5.74) is 1.09. The van der Waals surface area contributed by atoms with Gasteiger partial charge in [-0.2, -0.15) is 0 Å². The fourth-order valence-electron chi connectivity index (χ4n) is 2.69. The first-order valence-electron chi connectivity index (χ1n) is 7.07. The number of nitrogens with one attached hydrogen (secondary N) is 1. The van der Waals surface area contributed by atoms with E-state index in [4.69, 9.17) is 0 Å². The first-order valence-corrected chi connectivity index (χ1v) is 7.89. The Morgan fingerprint density at radius 1 is 1.05 bits per heavy atom. The van der Waals surface area contributed by atoms with Gasteiger partial charge in [-0.1, -0.05) is 0 Å². The number of halogens is 3. The van der Waals surface area contributed by atoms with E-state index in [0.717, 1.165) is 17.7 Å². The van der Waals surface area contributed by atoms with Crippen LogP contribution in [0.4, 0.5) is 18.9 Å². The number of benzene rings is 1. The van der Waals surface area contributed by atoms with E-state index in [-0.39, 0.29) is 11.7 Å². The highest BCUT2D eigenvalue weighted by molar-refractivity contribution is 7.12. The van der Waals surface area contributed by atoms with Crippen molar-refractivity contribution in [2.75, 3.05) is 5.32 Å². The fraction of sp³-hybridized carbons (Fsp3) is 0.375. The average molecular weight is 311 g/mol. The summed E-state index contributed by atoms with van der Waals surface area (Å²) >= 11 is 1.70. The molecule has 3 rings (SSSR count). The number of rotatable bonds is 3. The minimum Gasteiger partial charge on any atom is -0.373 e. The minimum atomic E-state index is -0.908. The molecule has 112 valence electrons. The molecule has 1 aromatic carbocycles. The third-order valence-corrected chi connectivity index (χ3v) is 5.23. The van der Waals surface area contributed by atoms with Crippen molar-refractivity contribution in [2.45, 2.75) is 38.6 Å². The summed E-state index contributed by atoms with van der Waals surface area (Å²) in [4.78, 5) is 2.44. The van der Waals surface area contributed by atoms with Gasteiger partial charge in [0.15, 0.2) is 11.6 Å². The lowest BCUT2D eigenvalue weighted by Crippen LogP contribution is -2.08. The molecule has 0 saturated heterocycles.